The van der Waals surface area contributed by atoms with Crippen molar-refractivity contribution in [3.05, 3.63) is 34.6 Å². The molecule has 1 N–H and O–H groups in total. The molecule has 1 aliphatic heterocycles. The molecule has 2 rings (SSSR count). The summed E-state index contributed by atoms with van der Waals surface area (Å²) in [4.78, 5) is 27.2. The van der Waals surface area contributed by atoms with Crippen molar-refractivity contribution in [3.8, 4) is 0 Å². The predicted molar refractivity (Wildman–Crippen MR) is 85.1 cm³/mol. The van der Waals surface area contributed by atoms with Crippen LogP contribution in [-0.4, -0.2) is 61.4 Å². The minimum Gasteiger partial charge on any atom is -0.338 e. The Kier molecular flexibility index (Phi) is 7.06. The number of benzene rings is 1. The van der Waals surface area contributed by atoms with Gasteiger partial charge in [-0.2, -0.15) is 0 Å². The number of nitrogens with zero attached hydrogens (tertiary/aromatic N) is 2. The molecule has 8 heteroatoms. The minimum absolute atomic E-state index is 0. The number of hydrogen-bond donors (Lipinski definition) is 1. The normalized spacial score (nSPS) is 14.5. The van der Waals surface area contributed by atoms with Gasteiger partial charge in [0, 0.05) is 31.2 Å². The number of nitrogens with one attached hydrogen (secondary N) is 1. The molecule has 1 saturated heterocycles. The molecule has 1 heterocycles. The molecule has 2 amide bonds. The highest BCUT2D eigenvalue weighted by Gasteiger charge is 2.25. The van der Waals surface area contributed by atoms with Crippen molar-refractivity contribution in [1.29, 1.82) is 0 Å². The molecule has 0 spiro atoms. The summed E-state index contributed by atoms with van der Waals surface area (Å²) in [6, 6.07) is 4.00. The molecule has 22 heavy (non-hydrogen) atoms. The Morgan fingerprint density at radius 1 is 1.23 bits per heavy atom. The Morgan fingerprint density at radius 3 is 2.36 bits per heavy atom. The van der Waals surface area contributed by atoms with Gasteiger partial charge in [-0.05, 0) is 25.2 Å². The molecule has 1 aliphatic rings. The van der Waals surface area contributed by atoms with Crippen molar-refractivity contribution in [3.63, 3.8) is 0 Å². The number of likely N-dealkylation sites (N-methyl/N-ethyl adjacent to an activating group) is 1. The molecular weight excluding hydrogens is 332 g/mol. The largest absolute Gasteiger partial charge is 0.338 e. The van der Waals surface area contributed by atoms with Crippen molar-refractivity contribution in [2.24, 2.45) is 0 Å². The van der Waals surface area contributed by atoms with E-state index in [-0.39, 0.29) is 41.4 Å². The lowest BCUT2D eigenvalue weighted by Gasteiger charge is -2.34. The first-order valence-corrected chi connectivity index (χ1v) is 7.07. The Morgan fingerprint density at radius 2 is 1.82 bits per heavy atom. The van der Waals surface area contributed by atoms with E-state index in [2.05, 4.69) is 5.32 Å². The Balaban J connectivity index is 0.00000242. The summed E-state index contributed by atoms with van der Waals surface area (Å²) in [6.07, 6.45) is 0. The van der Waals surface area contributed by atoms with Crippen molar-refractivity contribution in [2.75, 3.05) is 39.8 Å². The summed E-state index contributed by atoms with van der Waals surface area (Å²) in [7, 11) is 1.71. The molecule has 0 aliphatic carbocycles. The number of halogens is 3. The van der Waals surface area contributed by atoms with Gasteiger partial charge in [-0.1, -0.05) is 11.6 Å². The second-order valence-electron chi connectivity index (χ2n) is 4.83. The van der Waals surface area contributed by atoms with Crippen LogP contribution in [0.4, 0.5) is 4.39 Å². The van der Waals surface area contributed by atoms with E-state index in [0.29, 0.717) is 26.2 Å². The van der Waals surface area contributed by atoms with Gasteiger partial charge in [-0.25, -0.2) is 4.39 Å². The summed E-state index contributed by atoms with van der Waals surface area (Å²) in [5.41, 5.74) is 0.00870. The summed E-state index contributed by atoms with van der Waals surface area (Å²) in [5.74, 6) is -0.992. The monoisotopic (exact) mass is 349 g/mol. The molecule has 0 aromatic heterocycles. The lowest BCUT2D eigenvalue weighted by molar-refractivity contribution is -0.131. The summed E-state index contributed by atoms with van der Waals surface area (Å²) in [5, 5.41) is 3.06. The minimum atomic E-state index is -0.624. The maximum absolute atomic E-state index is 13.8. The summed E-state index contributed by atoms with van der Waals surface area (Å²) in [6.45, 7) is 2.00. The Labute approximate surface area is 139 Å². The van der Waals surface area contributed by atoms with E-state index in [4.69, 9.17) is 11.6 Å². The maximum atomic E-state index is 13.8. The fourth-order valence-corrected chi connectivity index (χ4v) is 2.41. The van der Waals surface area contributed by atoms with Crippen molar-refractivity contribution in [2.45, 2.75) is 0 Å². The summed E-state index contributed by atoms with van der Waals surface area (Å²) >= 11 is 5.68. The van der Waals surface area contributed by atoms with Gasteiger partial charge in [0.25, 0.3) is 5.91 Å². The smallest absolute Gasteiger partial charge is 0.256 e. The Hall–Kier alpha value is -1.37. The molecule has 0 saturated carbocycles. The number of rotatable bonds is 3. The third-order valence-corrected chi connectivity index (χ3v) is 3.64. The third kappa shape index (κ3) is 4.32. The van der Waals surface area contributed by atoms with Crippen LogP contribution in [0.1, 0.15) is 10.4 Å². The van der Waals surface area contributed by atoms with E-state index in [1.165, 1.54) is 12.1 Å². The number of piperazine rings is 1. The molecule has 0 atom stereocenters. The fourth-order valence-electron chi connectivity index (χ4n) is 2.26. The molecule has 0 radical (unpaired) electrons. The molecule has 1 aromatic carbocycles. The third-order valence-electron chi connectivity index (χ3n) is 3.41. The second-order valence-corrected chi connectivity index (χ2v) is 5.26. The molecular formula is C14H18Cl2FN3O2. The van der Waals surface area contributed by atoms with Gasteiger partial charge in [0.2, 0.25) is 5.91 Å². The highest BCUT2D eigenvalue weighted by molar-refractivity contribution is 6.30. The highest BCUT2D eigenvalue weighted by Crippen LogP contribution is 2.17. The van der Waals surface area contributed by atoms with Crippen LogP contribution >= 0.6 is 24.0 Å². The molecule has 0 unspecified atom stereocenters. The number of hydrogen-bond acceptors (Lipinski definition) is 3. The zero-order valence-electron chi connectivity index (χ0n) is 12.1. The quantitative estimate of drug-likeness (QED) is 0.897. The van der Waals surface area contributed by atoms with Crippen molar-refractivity contribution >= 4 is 35.8 Å². The van der Waals surface area contributed by atoms with E-state index in [0.717, 1.165) is 6.07 Å². The number of amides is 2. The maximum Gasteiger partial charge on any atom is 0.256 e. The fraction of sp³-hybridized carbons (Fsp3) is 0.429. The van der Waals surface area contributed by atoms with Crippen molar-refractivity contribution in [1.82, 2.24) is 15.1 Å². The van der Waals surface area contributed by atoms with Crippen LogP contribution in [0.5, 0.6) is 0 Å². The van der Waals surface area contributed by atoms with Gasteiger partial charge in [-0.15, -0.1) is 12.4 Å². The SMILES string of the molecule is CNCC(=O)N1CCN(C(=O)c2ccc(Cl)cc2F)CC1.Cl. The van der Waals surface area contributed by atoms with Gasteiger partial charge >= 0.3 is 0 Å². The van der Waals surface area contributed by atoms with Crippen LogP contribution in [0.15, 0.2) is 18.2 Å². The van der Waals surface area contributed by atoms with Crippen LogP contribution in [0, 0.1) is 5.82 Å². The molecule has 5 nitrogen and oxygen atoms in total. The van der Waals surface area contributed by atoms with Gasteiger partial charge in [0.05, 0.1) is 12.1 Å². The van der Waals surface area contributed by atoms with Gasteiger partial charge < -0.3 is 15.1 Å². The first kappa shape index (κ1) is 18.7. The first-order chi connectivity index (χ1) is 10.0. The van der Waals surface area contributed by atoms with Gasteiger partial charge in [-0.3, -0.25) is 9.59 Å². The topological polar surface area (TPSA) is 52.7 Å². The van der Waals surface area contributed by atoms with Crippen LogP contribution in [0.2, 0.25) is 5.02 Å². The van der Waals surface area contributed by atoms with Crippen LogP contribution in [0.3, 0.4) is 0 Å². The summed E-state index contributed by atoms with van der Waals surface area (Å²) < 4.78 is 13.8. The lowest BCUT2D eigenvalue weighted by atomic mass is 10.1. The lowest BCUT2D eigenvalue weighted by Crippen LogP contribution is -2.52. The first-order valence-electron chi connectivity index (χ1n) is 6.69. The van der Waals surface area contributed by atoms with Crippen LogP contribution in [-0.2, 0) is 4.79 Å². The van der Waals surface area contributed by atoms with Crippen LogP contribution < -0.4 is 5.32 Å². The number of carbonyl (C=O) groups is 2. The molecule has 122 valence electrons. The van der Waals surface area contributed by atoms with Crippen molar-refractivity contribution < 1.29 is 14.0 Å². The van der Waals surface area contributed by atoms with E-state index in [9.17, 15) is 14.0 Å². The molecule has 1 fully saturated rings. The highest BCUT2D eigenvalue weighted by atomic mass is 35.5. The predicted octanol–water partition coefficient (Wildman–Crippen LogP) is 1.40. The van der Waals surface area contributed by atoms with E-state index >= 15 is 0 Å². The zero-order chi connectivity index (χ0) is 15.4. The Bertz CT molecular complexity index is 549. The van der Waals surface area contributed by atoms with E-state index in [1.54, 1.807) is 16.8 Å². The zero-order valence-corrected chi connectivity index (χ0v) is 13.7. The van der Waals surface area contributed by atoms with Crippen LogP contribution in [0.25, 0.3) is 0 Å². The van der Waals surface area contributed by atoms with Gasteiger partial charge in [0.1, 0.15) is 5.82 Å². The standard InChI is InChI=1S/C14H17ClFN3O2.ClH/c1-17-9-13(20)18-4-6-19(7-5-18)14(21)11-3-2-10(15)8-12(11)16;/h2-3,8,17H,4-7,9H2,1H3;1H. The van der Waals surface area contributed by atoms with Gasteiger partial charge in [0.15, 0.2) is 0 Å². The molecule has 1 aromatic rings. The van der Waals surface area contributed by atoms with E-state index in [1.807, 2.05) is 0 Å². The average Bonchev–Trinajstić information content (AvgIpc) is 2.47. The second kappa shape index (κ2) is 8.31. The molecule has 0 bridgehead atoms. The van der Waals surface area contributed by atoms with E-state index < -0.39 is 5.82 Å². The number of carbonyl (C=O) groups excluding carboxylic acids is 2. The average molecular weight is 350 g/mol.